The van der Waals surface area contributed by atoms with Gasteiger partial charge in [0.15, 0.2) is 0 Å². The van der Waals surface area contributed by atoms with Gasteiger partial charge in [0, 0.05) is 27.1 Å². The molecule has 0 bridgehead atoms. The molecule has 9 rings (SSSR count). The van der Waals surface area contributed by atoms with Gasteiger partial charge in [0.25, 0.3) is 0 Å². The van der Waals surface area contributed by atoms with Crippen LogP contribution >= 0.6 is 0 Å². The summed E-state index contributed by atoms with van der Waals surface area (Å²) in [5.74, 6) is 0.862. The van der Waals surface area contributed by atoms with E-state index in [0.717, 1.165) is 50.4 Å². The molecule has 0 radical (unpaired) electrons. The van der Waals surface area contributed by atoms with Crippen LogP contribution in [-0.2, 0) is 0 Å². The fraction of sp³-hybridized carbons (Fsp3) is 0. The highest BCUT2D eigenvalue weighted by molar-refractivity contribution is 6.10. The van der Waals surface area contributed by atoms with Crippen molar-refractivity contribution in [3.8, 4) is 28.3 Å². The highest BCUT2D eigenvalue weighted by atomic mass is 15.5. The van der Waals surface area contributed by atoms with Crippen LogP contribution < -0.4 is 4.68 Å². The molecule has 0 aliphatic carbocycles. The fourth-order valence-electron chi connectivity index (χ4n) is 6.68. The van der Waals surface area contributed by atoms with Crippen LogP contribution in [0.4, 0.5) is 0 Å². The van der Waals surface area contributed by atoms with Gasteiger partial charge in [0.1, 0.15) is 11.9 Å². The molecule has 206 valence electrons. The van der Waals surface area contributed by atoms with Crippen molar-refractivity contribution in [2.45, 2.75) is 0 Å². The fourth-order valence-corrected chi connectivity index (χ4v) is 6.68. The third-order valence-electron chi connectivity index (χ3n) is 8.59. The Morgan fingerprint density at radius 2 is 0.818 bits per heavy atom. The molecule has 0 fully saturated rings. The van der Waals surface area contributed by atoms with E-state index in [2.05, 4.69) is 178 Å². The van der Waals surface area contributed by atoms with Gasteiger partial charge in [-0.25, -0.2) is 0 Å². The Kier molecular flexibility index (Phi) is 5.47. The summed E-state index contributed by atoms with van der Waals surface area (Å²) >= 11 is 0. The quantitative estimate of drug-likeness (QED) is 0.196. The number of fused-ring (bicyclic) bond motifs is 6. The summed E-state index contributed by atoms with van der Waals surface area (Å²) < 4.78 is 6.93. The molecule has 0 saturated heterocycles. The Hall–Kier alpha value is -6.00. The molecule has 0 amide bonds. The minimum atomic E-state index is 0.862. The van der Waals surface area contributed by atoms with E-state index in [4.69, 9.17) is 4.98 Å². The second-order valence-electron chi connectivity index (χ2n) is 11.1. The van der Waals surface area contributed by atoms with Gasteiger partial charge in [-0.3, -0.25) is 0 Å². The minimum Gasteiger partial charge on any atom is -0.302 e. The third kappa shape index (κ3) is 3.64. The van der Waals surface area contributed by atoms with Crippen molar-refractivity contribution in [1.82, 2.24) is 14.2 Å². The highest BCUT2D eigenvalue weighted by Gasteiger charge is 2.29. The topological polar surface area (TPSA) is 26.6 Å². The Balaban J connectivity index is 1.49. The van der Waals surface area contributed by atoms with Gasteiger partial charge in [0.2, 0.25) is 5.69 Å². The summed E-state index contributed by atoms with van der Waals surface area (Å²) in [5, 5.41) is 4.86. The van der Waals surface area contributed by atoms with Crippen LogP contribution in [0.15, 0.2) is 164 Å². The first-order valence-corrected chi connectivity index (χ1v) is 14.9. The number of hydrogen-bond donors (Lipinski definition) is 0. The van der Waals surface area contributed by atoms with Crippen LogP contribution in [0.1, 0.15) is 0 Å². The number of nitrogens with zero attached hydrogens (tertiary/aromatic N) is 4. The zero-order valence-electron chi connectivity index (χ0n) is 23.9. The first kappa shape index (κ1) is 24.6. The zero-order valence-corrected chi connectivity index (χ0v) is 23.9. The van der Waals surface area contributed by atoms with E-state index >= 15 is 0 Å². The molecule has 6 aromatic carbocycles. The summed E-state index contributed by atoms with van der Waals surface area (Å²) in [4.78, 5) is 5.57. The maximum Gasteiger partial charge on any atom is 0.354 e. The first-order valence-electron chi connectivity index (χ1n) is 14.9. The van der Waals surface area contributed by atoms with Crippen molar-refractivity contribution in [3.05, 3.63) is 164 Å². The summed E-state index contributed by atoms with van der Waals surface area (Å²) in [6.07, 6.45) is 2.27. The average molecular weight is 564 g/mol. The van der Waals surface area contributed by atoms with Crippen molar-refractivity contribution < 1.29 is 4.68 Å². The zero-order chi connectivity index (χ0) is 29.0. The normalized spacial score (nSPS) is 11.6. The van der Waals surface area contributed by atoms with Gasteiger partial charge in [0.05, 0.1) is 27.6 Å². The van der Waals surface area contributed by atoms with E-state index in [-0.39, 0.29) is 0 Å². The predicted octanol–water partition coefficient (Wildman–Crippen LogP) is 9.22. The van der Waals surface area contributed by atoms with Gasteiger partial charge in [-0.05, 0) is 41.4 Å². The summed E-state index contributed by atoms with van der Waals surface area (Å²) in [6, 6.07) is 55.6. The van der Waals surface area contributed by atoms with Crippen LogP contribution in [0, 0.1) is 0 Å². The van der Waals surface area contributed by atoms with Gasteiger partial charge >= 0.3 is 5.82 Å². The number of benzene rings is 6. The molecule has 0 N–H and O–H groups in total. The van der Waals surface area contributed by atoms with Crippen molar-refractivity contribution in [1.29, 1.82) is 0 Å². The van der Waals surface area contributed by atoms with Gasteiger partial charge in [-0.2, -0.15) is 4.68 Å². The van der Waals surface area contributed by atoms with E-state index in [1.165, 1.54) is 21.5 Å². The van der Waals surface area contributed by atoms with Crippen LogP contribution in [0.5, 0.6) is 0 Å². The molecule has 9 aromatic rings. The monoisotopic (exact) mass is 563 g/mol. The smallest absolute Gasteiger partial charge is 0.302 e. The summed E-state index contributed by atoms with van der Waals surface area (Å²) in [7, 11) is 0. The Labute approximate surface area is 254 Å². The lowest BCUT2D eigenvalue weighted by Gasteiger charge is -2.15. The largest absolute Gasteiger partial charge is 0.354 e. The standard InChI is InChI=1S/C40H27N4/c1-3-15-28(16-4-1)39-38(43-34-23-11-7-19-30(34)31-20-8-12-24-35(31)43)27-42(40(41-39)29-17-5-2-6-18-29)44-36-25-13-9-21-32(36)33-22-10-14-26-37(33)44/h1-27H/q+1. The predicted molar refractivity (Wildman–Crippen MR) is 180 cm³/mol. The van der Waals surface area contributed by atoms with Crippen LogP contribution in [-0.4, -0.2) is 14.2 Å². The minimum absolute atomic E-state index is 0.862. The van der Waals surface area contributed by atoms with Crippen LogP contribution in [0.2, 0.25) is 0 Å². The maximum absolute atomic E-state index is 5.57. The second-order valence-corrected chi connectivity index (χ2v) is 11.1. The molecule has 0 spiro atoms. The maximum atomic E-state index is 5.57. The molecular formula is C40H27N4+. The third-order valence-corrected chi connectivity index (χ3v) is 8.59. The van der Waals surface area contributed by atoms with E-state index in [9.17, 15) is 0 Å². The Bertz CT molecular complexity index is 2210. The first-order chi connectivity index (χ1) is 21.9. The molecule has 0 unspecified atom stereocenters. The molecule has 0 saturated carbocycles. The molecule has 3 aromatic heterocycles. The summed E-state index contributed by atoms with van der Waals surface area (Å²) in [5.41, 5.74) is 8.58. The lowest BCUT2D eigenvalue weighted by atomic mass is 10.1. The van der Waals surface area contributed by atoms with E-state index in [0.29, 0.717) is 0 Å². The molecule has 0 aliphatic heterocycles. The molecule has 3 heterocycles. The lowest BCUT2D eigenvalue weighted by Crippen LogP contribution is -2.45. The molecule has 0 aliphatic rings. The Morgan fingerprint density at radius 1 is 0.409 bits per heavy atom. The number of para-hydroxylation sites is 4. The van der Waals surface area contributed by atoms with Crippen LogP contribution in [0.3, 0.4) is 0 Å². The highest BCUT2D eigenvalue weighted by Crippen LogP contribution is 2.36. The average Bonchev–Trinajstić information content (AvgIpc) is 3.62. The lowest BCUT2D eigenvalue weighted by molar-refractivity contribution is -0.712. The van der Waals surface area contributed by atoms with Crippen LogP contribution in [0.25, 0.3) is 71.9 Å². The molecule has 4 nitrogen and oxygen atoms in total. The molecule has 4 heteroatoms. The number of aromatic nitrogens is 4. The van der Waals surface area contributed by atoms with Gasteiger partial charge in [-0.15, -0.1) is 4.68 Å². The van der Waals surface area contributed by atoms with Gasteiger partial charge < -0.3 is 4.57 Å². The van der Waals surface area contributed by atoms with E-state index < -0.39 is 0 Å². The van der Waals surface area contributed by atoms with Crippen molar-refractivity contribution in [3.63, 3.8) is 0 Å². The van der Waals surface area contributed by atoms with Crippen molar-refractivity contribution in [2.75, 3.05) is 0 Å². The summed E-state index contributed by atoms with van der Waals surface area (Å²) in [6.45, 7) is 0. The van der Waals surface area contributed by atoms with Gasteiger partial charge in [-0.1, -0.05) is 121 Å². The Morgan fingerprint density at radius 3 is 1.34 bits per heavy atom. The van der Waals surface area contributed by atoms with E-state index in [1.807, 2.05) is 0 Å². The molecular weight excluding hydrogens is 536 g/mol. The van der Waals surface area contributed by atoms with E-state index in [1.54, 1.807) is 0 Å². The molecule has 0 atom stereocenters. The molecule has 44 heavy (non-hydrogen) atoms. The second kappa shape index (κ2) is 9.79. The van der Waals surface area contributed by atoms with Crippen molar-refractivity contribution in [2.24, 2.45) is 0 Å². The number of hydrogen-bond acceptors (Lipinski definition) is 1. The number of rotatable bonds is 4. The SMILES string of the molecule is c1ccc(-c2nc(-c3ccccc3)[n+](-n3c4ccccc4c4ccccc43)cc2-n2c3ccccc3c3ccccc32)cc1. The van der Waals surface area contributed by atoms with Crippen molar-refractivity contribution >= 4 is 43.6 Å².